The van der Waals surface area contributed by atoms with Crippen LogP contribution in [0, 0.1) is 0 Å². The highest BCUT2D eigenvalue weighted by Gasteiger charge is 2.10. The highest BCUT2D eigenvalue weighted by Crippen LogP contribution is 2.07. The van der Waals surface area contributed by atoms with Gasteiger partial charge in [-0.1, -0.05) is 0 Å². The van der Waals surface area contributed by atoms with Gasteiger partial charge in [0, 0.05) is 24.9 Å². The molecule has 1 N–H and O–H groups in total. The number of hydrogen-bond acceptors (Lipinski definition) is 2. The maximum Gasteiger partial charge on any atom is 0.0490 e. The van der Waals surface area contributed by atoms with Crippen LogP contribution in [0.15, 0.2) is 12.3 Å². The first kappa shape index (κ1) is 7.80. The summed E-state index contributed by atoms with van der Waals surface area (Å²) in [5, 5.41) is 6.91. The lowest BCUT2D eigenvalue weighted by molar-refractivity contribution is 0.342. The van der Waals surface area contributed by atoms with Crippen molar-refractivity contribution < 1.29 is 0 Å². The van der Waals surface area contributed by atoms with E-state index in [1.165, 1.54) is 38.2 Å². The normalized spacial score (nSPS) is 18.7. The molecule has 3 heteroatoms. The lowest BCUT2D eigenvalue weighted by atomic mass is 10.3. The summed E-state index contributed by atoms with van der Waals surface area (Å²) in [5.74, 6) is 0. The molecule has 1 aromatic rings. The maximum absolute atomic E-state index is 3.92. The Morgan fingerprint density at radius 1 is 1.42 bits per heavy atom. The van der Waals surface area contributed by atoms with Gasteiger partial charge in [-0.3, -0.25) is 5.10 Å². The van der Waals surface area contributed by atoms with Crippen molar-refractivity contribution in [1.82, 2.24) is 15.1 Å². The first-order valence-corrected chi connectivity index (χ1v) is 4.66. The van der Waals surface area contributed by atoms with E-state index in [2.05, 4.69) is 21.2 Å². The quantitative estimate of drug-likeness (QED) is 0.726. The molecule has 66 valence electrons. The largest absolute Gasteiger partial charge is 0.303 e. The van der Waals surface area contributed by atoms with Gasteiger partial charge in [-0.15, -0.1) is 0 Å². The summed E-state index contributed by atoms with van der Waals surface area (Å²) in [6.07, 6.45) is 5.69. The molecule has 0 saturated carbocycles. The van der Waals surface area contributed by atoms with Crippen LogP contribution < -0.4 is 0 Å². The number of aromatic amines is 1. The van der Waals surface area contributed by atoms with E-state index in [0.29, 0.717) is 0 Å². The summed E-state index contributed by atoms with van der Waals surface area (Å²) in [6, 6.07) is 2.05. The Morgan fingerprint density at radius 2 is 2.25 bits per heavy atom. The molecule has 3 nitrogen and oxygen atoms in total. The van der Waals surface area contributed by atoms with Gasteiger partial charge in [-0.2, -0.15) is 5.10 Å². The Balaban J connectivity index is 1.74. The van der Waals surface area contributed by atoms with Crippen LogP contribution in [0.25, 0.3) is 0 Å². The second-order valence-corrected chi connectivity index (χ2v) is 3.38. The molecule has 1 aliphatic rings. The van der Waals surface area contributed by atoms with Gasteiger partial charge in [0.25, 0.3) is 0 Å². The summed E-state index contributed by atoms with van der Waals surface area (Å²) in [7, 11) is 0. The average Bonchev–Trinajstić information content (AvgIpc) is 2.74. The summed E-state index contributed by atoms with van der Waals surface area (Å²) in [4.78, 5) is 2.51. The summed E-state index contributed by atoms with van der Waals surface area (Å²) in [5.41, 5.74) is 1.25. The zero-order valence-corrected chi connectivity index (χ0v) is 7.29. The van der Waals surface area contributed by atoms with Crippen LogP contribution >= 0.6 is 0 Å². The van der Waals surface area contributed by atoms with Crippen LogP contribution in [-0.2, 0) is 6.42 Å². The lowest BCUT2D eigenvalue weighted by Crippen LogP contribution is -2.21. The van der Waals surface area contributed by atoms with Crippen LogP contribution in [0.5, 0.6) is 0 Å². The topological polar surface area (TPSA) is 31.9 Å². The van der Waals surface area contributed by atoms with Gasteiger partial charge >= 0.3 is 0 Å². The van der Waals surface area contributed by atoms with Gasteiger partial charge in [0.1, 0.15) is 0 Å². The monoisotopic (exact) mass is 165 g/mol. The average molecular weight is 165 g/mol. The lowest BCUT2D eigenvalue weighted by Gasteiger charge is -2.12. The number of rotatable bonds is 3. The molecular weight excluding hydrogens is 150 g/mol. The van der Waals surface area contributed by atoms with Gasteiger partial charge in [-0.05, 0) is 32.0 Å². The molecule has 1 aliphatic heterocycles. The van der Waals surface area contributed by atoms with Crippen molar-refractivity contribution in [3.05, 3.63) is 18.0 Å². The smallest absolute Gasteiger partial charge is 0.0490 e. The minimum atomic E-state index is 1.11. The van der Waals surface area contributed by atoms with E-state index in [1.807, 2.05) is 6.20 Å². The van der Waals surface area contributed by atoms with Crippen molar-refractivity contribution in [3.8, 4) is 0 Å². The molecule has 0 bridgehead atoms. The number of nitrogens with one attached hydrogen (secondary N) is 1. The fourth-order valence-electron chi connectivity index (χ4n) is 1.71. The highest BCUT2D eigenvalue weighted by atomic mass is 15.1. The molecule has 0 atom stereocenters. The predicted octanol–water partition coefficient (Wildman–Crippen LogP) is 1.05. The van der Waals surface area contributed by atoms with Crippen molar-refractivity contribution in [3.63, 3.8) is 0 Å². The molecule has 12 heavy (non-hydrogen) atoms. The van der Waals surface area contributed by atoms with Crippen LogP contribution in [0.4, 0.5) is 0 Å². The Bertz CT molecular complexity index is 212. The zero-order valence-electron chi connectivity index (χ0n) is 7.29. The van der Waals surface area contributed by atoms with Crippen molar-refractivity contribution in [2.75, 3.05) is 19.6 Å². The molecule has 0 aliphatic carbocycles. The second-order valence-electron chi connectivity index (χ2n) is 3.38. The third-order valence-corrected chi connectivity index (χ3v) is 2.45. The SMILES string of the molecule is c1cc(CCN2CCCC2)[nH]n1. The van der Waals surface area contributed by atoms with E-state index in [1.54, 1.807) is 0 Å². The first-order valence-electron chi connectivity index (χ1n) is 4.66. The van der Waals surface area contributed by atoms with Crippen molar-refractivity contribution >= 4 is 0 Å². The molecule has 0 spiro atoms. The number of nitrogens with zero attached hydrogens (tertiary/aromatic N) is 2. The molecule has 0 amide bonds. The van der Waals surface area contributed by atoms with Crippen LogP contribution in [-0.4, -0.2) is 34.7 Å². The number of H-pyrrole nitrogens is 1. The Hall–Kier alpha value is -0.830. The number of aromatic nitrogens is 2. The van der Waals surface area contributed by atoms with Gasteiger partial charge in [0.05, 0.1) is 0 Å². The molecule has 1 fully saturated rings. The Labute approximate surface area is 72.8 Å². The van der Waals surface area contributed by atoms with Crippen LogP contribution in [0.2, 0.25) is 0 Å². The summed E-state index contributed by atoms with van der Waals surface area (Å²) < 4.78 is 0. The molecule has 0 unspecified atom stereocenters. The minimum absolute atomic E-state index is 1.11. The highest BCUT2D eigenvalue weighted by molar-refractivity contribution is 4.97. The van der Waals surface area contributed by atoms with Crippen molar-refractivity contribution in [2.24, 2.45) is 0 Å². The van der Waals surface area contributed by atoms with Crippen LogP contribution in [0.1, 0.15) is 18.5 Å². The molecular formula is C9H15N3. The summed E-state index contributed by atoms with van der Waals surface area (Å²) >= 11 is 0. The Kier molecular flexibility index (Phi) is 2.42. The molecule has 1 aromatic heterocycles. The Morgan fingerprint density at radius 3 is 2.92 bits per heavy atom. The fraction of sp³-hybridized carbons (Fsp3) is 0.667. The van der Waals surface area contributed by atoms with Crippen molar-refractivity contribution in [2.45, 2.75) is 19.3 Å². The van der Waals surface area contributed by atoms with E-state index >= 15 is 0 Å². The maximum atomic E-state index is 3.92. The van der Waals surface area contributed by atoms with E-state index in [0.717, 1.165) is 6.42 Å². The number of hydrogen-bond donors (Lipinski definition) is 1. The van der Waals surface area contributed by atoms with Gasteiger partial charge < -0.3 is 4.90 Å². The second kappa shape index (κ2) is 3.72. The van der Waals surface area contributed by atoms with Gasteiger partial charge in [0.2, 0.25) is 0 Å². The van der Waals surface area contributed by atoms with Gasteiger partial charge in [-0.25, -0.2) is 0 Å². The van der Waals surface area contributed by atoms with Crippen LogP contribution in [0.3, 0.4) is 0 Å². The zero-order chi connectivity index (χ0) is 8.23. The third-order valence-electron chi connectivity index (χ3n) is 2.45. The van der Waals surface area contributed by atoms with E-state index in [9.17, 15) is 0 Å². The number of likely N-dealkylation sites (tertiary alicyclic amines) is 1. The predicted molar refractivity (Wildman–Crippen MR) is 48.0 cm³/mol. The standard InChI is InChI=1S/C9H15N3/c1-2-7-12(6-1)8-4-9-3-5-10-11-9/h3,5H,1-2,4,6-8H2,(H,10,11). The molecule has 0 aromatic carbocycles. The third kappa shape index (κ3) is 1.85. The molecule has 1 saturated heterocycles. The van der Waals surface area contributed by atoms with Gasteiger partial charge in [0.15, 0.2) is 0 Å². The minimum Gasteiger partial charge on any atom is -0.303 e. The summed E-state index contributed by atoms with van der Waals surface area (Å²) in [6.45, 7) is 3.75. The van der Waals surface area contributed by atoms with Crippen molar-refractivity contribution in [1.29, 1.82) is 0 Å². The van der Waals surface area contributed by atoms with E-state index < -0.39 is 0 Å². The molecule has 2 heterocycles. The van der Waals surface area contributed by atoms with E-state index in [4.69, 9.17) is 0 Å². The molecule has 2 rings (SSSR count). The molecule has 0 radical (unpaired) electrons. The fourth-order valence-corrected chi connectivity index (χ4v) is 1.71. The van der Waals surface area contributed by atoms with E-state index in [-0.39, 0.29) is 0 Å². The first-order chi connectivity index (χ1) is 5.95.